The number of ether oxygens (including phenoxy) is 1. The van der Waals surface area contributed by atoms with E-state index in [0.717, 1.165) is 19.3 Å². The van der Waals surface area contributed by atoms with E-state index in [2.05, 4.69) is 6.08 Å². The van der Waals surface area contributed by atoms with Crippen LogP contribution in [0.3, 0.4) is 0 Å². The molecule has 0 aromatic carbocycles. The average Bonchev–Trinajstić information content (AvgIpc) is 2.05. The second kappa shape index (κ2) is 4.75. The van der Waals surface area contributed by atoms with Crippen LogP contribution in [0.15, 0.2) is 24.3 Å². The molecule has 1 heterocycles. The van der Waals surface area contributed by atoms with Crippen molar-refractivity contribution in [2.75, 3.05) is 0 Å². The van der Waals surface area contributed by atoms with Gasteiger partial charge in [0.15, 0.2) is 0 Å². The first-order valence-electron chi connectivity index (χ1n) is 4.31. The van der Waals surface area contributed by atoms with Crippen molar-refractivity contribution in [3.8, 4) is 0 Å². The molecule has 12 heavy (non-hydrogen) atoms. The topological polar surface area (TPSA) is 26.3 Å². The molecule has 0 saturated heterocycles. The summed E-state index contributed by atoms with van der Waals surface area (Å²) >= 11 is 0. The maximum absolute atomic E-state index is 10.8. The van der Waals surface area contributed by atoms with Crippen LogP contribution in [0, 0.1) is 0 Å². The fourth-order valence-electron chi connectivity index (χ4n) is 1.19. The van der Waals surface area contributed by atoms with Crippen molar-refractivity contribution in [3.05, 3.63) is 24.3 Å². The normalized spacial score (nSPS) is 23.1. The SMILES string of the molecule is C/C=C/CC[C@H]1CC=CC(=O)O1. The molecule has 0 N–H and O–H groups in total. The van der Waals surface area contributed by atoms with Crippen LogP contribution in [0.5, 0.6) is 0 Å². The van der Waals surface area contributed by atoms with E-state index in [-0.39, 0.29) is 12.1 Å². The maximum atomic E-state index is 10.8. The molecule has 0 radical (unpaired) electrons. The highest BCUT2D eigenvalue weighted by Gasteiger charge is 2.14. The second-order valence-corrected chi connectivity index (χ2v) is 2.84. The summed E-state index contributed by atoms with van der Waals surface area (Å²) in [6.07, 6.45) is 10.4. The first-order chi connectivity index (χ1) is 5.83. The van der Waals surface area contributed by atoms with Crippen LogP contribution in [0.1, 0.15) is 26.2 Å². The van der Waals surface area contributed by atoms with E-state index in [9.17, 15) is 4.79 Å². The van der Waals surface area contributed by atoms with Gasteiger partial charge in [0, 0.05) is 12.5 Å². The highest BCUT2D eigenvalue weighted by molar-refractivity contribution is 5.82. The average molecular weight is 166 g/mol. The monoisotopic (exact) mass is 166 g/mol. The molecule has 0 fully saturated rings. The lowest BCUT2D eigenvalue weighted by Gasteiger charge is -2.17. The van der Waals surface area contributed by atoms with E-state index in [1.807, 2.05) is 19.1 Å². The van der Waals surface area contributed by atoms with Crippen molar-refractivity contribution in [2.24, 2.45) is 0 Å². The number of rotatable bonds is 3. The van der Waals surface area contributed by atoms with Crippen LogP contribution >= 0.6 is 0 Å². The molecule has 1 rings (SSSR count). The van der Waals surface area contributed by atoms with Crippen molar-refractivity contribution >= 4 is 5.97 Å². The van der Waals surface area contributed by atoms with Gasteiger partial charge in [-0.05, 0) is 19.8 Å². The summed E-state index contributed by atoms with van der Waals surface area (Å²) in [6, 6.07) is 0. The minimum atomic E-state index is -0.202. The van der Waals surface area contributed by atoms with Crippen molar-refractivity contribution < 1.29 is 9.53 Å². The summed E-state index contributed by atoms with van der Waals surface area (Å²) in [5.41, 5.74) is 0. The molecule has 1 atom stereocenters. The molecule has 0 unspecified atom stereocenters. The van der Waals surface area contributed by atoms with Gasteiger partial charge in [-0.15, -0.1) is 0 Å². The standard InChI is InChI=1S/C10H14O2/c1-2-3-4-6-9-7-5-8-10(11)12-9/h2-3,5,8-9H,4,6-7H2,1H3/b3-2+/t9-/m0/s1. The Kier molecular flexibility index (Phi) is 3.58. The van der Waals surface area contributed by atoms with Gasteiger partial charge in [0.2, 0.25) is 0 Å². The summed E-state index contributed by atoms with van der Waals surface area (Å²) in [6.45, 7) is 1.99. The molecule has 1 aliphatic heterocycles. The number of allylic oxidation sites excluding steroid dienone is 2. The Balaban J connectivity index is 2.25. The number of cyclic esters (lactones) is 1. The first kappa shape index (κ1) is 9.04. The van der Waals surface area contributed by atoms with Crippen molar-refractivity contribution in [1.82, 2.24) is 0 Å². The van der Waals surface area contributed by atoms with Crippen molar-refractivity contribution in [2.45, 2.75) is 32.3 Å². The minimum Gasteiger partial charge on any atom is -0.459 e. The highest BCUT2D eigenvalue weighted by atomic mass is 16.5. The molecular formula is C10H14O2. The Morgan fingerprint density at radius 2 is 2.58 bits per heavy atom. The Morgan fingerprint density at radius 1 is 1.75 bits per heavy atom. The zero-order valence-corrected chi connectivity index (χ0v) is 7.32. The molecule has 66 valence electrons. The van der Waals surface area contributed by atoms with Crippen molar-refractivity contribution in [1.29, 1.82) is 0 Å². The van der Waals surface area contributed by atoms with Crippen LogP contribution in [-0.2, 0) is 9.53 Å². The summed E-state index contributed by atoms with van der Waals surface area (Å²) in [4.78, 5) is 10.8. The van der Waals surface area contributed by atoms with E-state index in [4.69, 9.17) is 4.74 Å². The molecular weight excluding hydrogens is 152 g/mol. The zero-order valence-electron chi connectivity index (χ0n) is 7.32. The molecule has 1 aliphatic rings. The van der Waals surface area contributed by atoms with Gasteiger partial charge in [-0.1, -0.05) is 18.2 Å². The summed E-state index contributed by atoms with van der Waals surface area (Å²) in [5.74, 6) is -0.202. The van der Waals surface area contributed by atoms with Gasteiger partial charge in [0.25, 0.3) is 0 Å². The van der Waals surface area contributed by atoms with Crippen LogP contribution in [0.25, 0.3) is 0 Å². The number of hydrogen-bond donors (Lipinski definition) is 0. The number of carbonyl (C=O) groups is 1. The number of esters is 1. The smallest absolute Gasteiger partial charge is 0.330 e. The van der Waals surface area contributed by atoms with Gasteiger partial charge in [0.05, 0.1) is 0 Å². The summed E-state index contributed by atoms with van der Waals surface area (Å²) < 4.78 is 5.07. The Labute approximate surface area is 72.9 Å². The highest BCUT2D eigenvalue weighted by Crippen LogP contribution is 2.12. The van der Waals surface area contributed by atoms with E-state index >= 15 is 0 Å². The Morgan fingerprint density at radius 3 is 3.25 bits per heavy atom. The number of carbonyl (C=O) groups excluding carboxylic acids is 1. The third kappa shape index (κ3) is 2.91. The van der Waals surface area contributed by atoms with Gasteiger partial charge >= 0.3 is 5.97 Å². The fourth-order valence-corrected chi connectivity index (χ4v) is 1.19. The number of hydrogen-bond acceptors (Lipinski definition) is 2. The van der Waals surface area contributed by atoms with Gasteiger partial charge in [-0.3, -0.25) is 0 Å². The lowest BCUT2D eigenvalue weighted by atomic mass is 10.1. The quantitative estimate of drug-likeness (QED) is 0.474. The van der Waals surface area contributed by atoms with Gasteiger partial charge < -0.3 is 4.74 Å². The van der Waals surface area contributed by atoms with E-state index in [1.54, 1.807) is 0 Å². The van der Waals surface area contributed by atoms with Gasteiger partial charge in [0.1, 0.15) is 6.10 Å². The Hall–Kier alpha value is -1.05. The van der Waals surface area contributed by atoms with E-state index in [1.165, 1.54) is 6.08 Å². The third-order valence-electron chi connectivity index (χ3n) is 1.83. The molecule has 2 nitrogen and oxygen atoms in total. The molecule has 0 amide bonds. The fraction of sp³-hybridized carbons (Fsp3) is 0.500. The predicted octanol–water partition coefficient (Wildman–Crippen LogP) is 2.21. The molecule has 2 heteroatoms. The van der Waals surface area contributed by atoms with Gasteiger partial charge in [-0.2, -0.15) is 0 Å². The first-order valence-corrected chi connectivity index (χ1v) is 4.31. The maximum Gasteiger partial charge on any atom is 0.330 e. The summed E-state index contributed by atoms with van der Waals surface area (Å²) in [5, 5.41) is 0. The van der Waals surface area contributed by atoms with Gasteiger partial charge in [-0.25, -0.2) is 4.79 Å². The molecule has 0 saturated carbocycles. The summed E-state index contributed by atoms with van der Waals surface area (Å²) in [7, 11) is 0. The lowest BCUT2D eigenvalue weighted by Crippen LogP contribution is -2.19. The predicted molar refractivity (Wildman–Crippen MR) is 47.7 cm³/mol. The van der Waals surface area contributed by atoms with E-state index in [0.29, 0.717) is 0 Å². The largest absolute Gasteiger partial charge is 0.459 e. The van der Waals surface area contributed by atoms with Crippen LogP contribution in [-0.4, -0.2) is 12.1 Å². The Bertz CT molecular complexity index is 204. The zero-order chi connectivity index (χ0) is 8.81. The van der Waals surface area contributed by atoms with Crippen LogP contribution in [0.2, 0.25) is 0 Å². The second-order valence-electron chi connectivity index (χ2n) is 2.84. The molecule has 0 aromatic rings. The minimum absolute atomic E-state index is 0.0960. The molecule has 0 spiro atoms. The molecule has 0 bridgehead atoms. The van der Waals surface area contributed by atoms with Crippen LogP contribution in [0.4, 0.5) is 0 Å². The third-order valence-corrected chi connectivity index (χ3v) is 1.83. The van der Waals surface area contributed by atoms with E-state index < -0.39 is 0 Å². The molecule has 0 aromatic heterocycles. The lowest BCUT2D eigenvalue weighted by molar-refractivity contribution is -0.144. The van der Waals surface area contributed by atoms with Crippen molar-refractivity contribution in [3.63, 3.8) is 0 Å². The molecule has 0 aliphatic carbocycles. The van der Waals surface area contributed by atoms with Crippen LogP contribution < -0.4 is 0 Å².